The van der Waals surface area contributed by atoms with Gasteiger partial charge < -0.3 is 4.90 Å². The van der Waals surface area contributed by atoms with Crippen LogP contribution < -0.4 is 4.90 Å². The molecule has 0 aliphatic carbocycles. The predicted octanol–water partition coefficient (Wildman–Crippen LogP) is 11.9. The van der Waals surface area contributed by atoms with E-state index >= 15 is 0 Å². The number of hydrogen-bond acceptors (Lipinski definition) is 1. The van der Waals surface area contributed by atoms with Gasteiger partial charge in [-0.1, -0.05) is 121 Å². The highest BCUT2D eigenvalue weighted by atomic mass is 15.2. The summed E-state index contributed by atoms with van der Waals surface area (Å²) in [6, 6.07) is 63.5. The molecule has 0 saturated carbocycles. The Bertz CT molecular complexity index is 2690. The van der Waals surface area contributed by atoms with Crippen LogP contribution in [0.25, 0.3) is 66.1 Å². The van der Waals surface area contributed by atoms with E-state index < -0.39 is 0 Å². The predicted molar refractivity (Wildman–Crippen MR) is 198 cm³/mol. The van der Waals surface area contributed by atoms with E-state index in [2.05, 4.69) is 190 Å². The van der Waals surface area contributed by atoms with E-state index in [0.29, 0.717) is 0 Å². The summed E-state index contributed by atoms with van der Waals surface area (Å²) in [6.07, 6.45) is 0. The molecule has 7 aromatic carbocycles. The number of para-hydroxylation sites is 3. The molecule has 0 saturated heterocycles. The molecule has 0 spiro atoms. The Morgan fingerprint density at radius 3 is 1.38 bits per heavy atom. The van der Waals surface area contributed by atoms with Crippen LogP contribution in [0, 0.1) is 0 Å². The van der Waals surface area contributed by atoms with Gasteiger partial charge in [0.2, 0.25) is 0 Å². The second kappa shape index (κ2) is 10.1. The third-order valence-electron chi connectivity index (χ3n) is 9.64. The topological polar surface area (TPSA) is 12.1 Å². The van der Waals surface area contributed by atoms with Gasteiger partial charge in [-0.25, -0.2) is 0 Å². The van der Waals surface area contributed by atoms with Crippen LogP contribution in [-0.2, 0) is 0 Å². The van der Waals surface area contributed by atoms with Crippen molar-refractivity contribution >= 4 is 60.9 Å². The molecule has 3 heteroatoms. The SMILES string of the molecule is c1ccc(-c2ccc(-c3ccc(N(c4ccccc4)c4ccc5c(c4)n4c6ccccc6c6c7ccccc7n5c64)cc3)cc2)cc1. The monoisotopic (exact) mass is 599 g/mol. The smallest absolute Gasteiger partial charge is 0.131 e. The molecule has 3 nitrogen and oxygen atoms in total. The Morgan fingerprint density at radius 1 is 0.319 bits per heavy atom. The summed E-state index contributed by atoms with van der Waals surface area (Å²) in [5, 5.41) is 3.91. The van der Waals surface area contributed by atoms with E-state index in [0.717, 1.165) is 17.1 Å². The maximum Gasteiger partial charge on any atom is 0.131 e. The number of rotatable bonds is 5. The number of hydrogen-bond donors (Lipinski definition) is 0. The van der Waals surface area contributed by atoms with Gasteiger partial charge in [-0.05, 0) is 76.9 Å². The molecule has 10 rings (SSSR count). The van der Waals surface area contributed by atoms with Crippen LogP contribution in [0.1, 0.15) is 0 Å². The first kappa shape index (κ1) is 26.0. The van der Waals surface area contributed by atoms with Gasteiger partial charge in [-0.15, -0.1) is 0 Å². The van der Waals surface area contributed by atoms with Crippen molar-refractivity contribution < 1.29 is 0 Å². The normalized spacial score (nSPS) is 11.8. The van der Waals surface area contributed by atoms with Gasteiger partial charge in [-0.3, -0.25) is 8.80 Å². The summed E-state index contributed by atoms with van der Waals surface area (Å²) in [5.74, 6) is 0. The standard InChI is InChI=1S/C44H29N3/c1-3-11-30(12-4-1)31-19-21-32(22-20-31)33-23-25-35(26-24-33)45(34-13-5-2-6-14-34)36-27-28-41-42(29-36)47-40-18-10-8-16-38(40)43-37-15-7-9-17-39(37)46(41)44(43)47/h1-29H. The molecule has 0 radical (unpaired) electrons. The number of benzene rings is 7. The number of imidazole rings is 1. The van der Waals surface area contributed by atoms with Crippen molar-refractivity contribution in [3.8, 4) is 22.3 Å². The number of anilines is 3. The van der Waals surface area contributed by atoms with Crippen molar-refractivity contribution in [2.24, 2.45) is 0 Å². The molecule has 0 amide bonds. The first-order valence-corrected chi connectivity index (χ1v) is 16.1. The molecular weight excluding hydrogens is 571 g/mol. The van der Waals surface area contributed by atoms with Crippen LogP contribution in [0.3, 0.4) is 0 Å². The summed E-state index contributed by atoms with van der Waals surface area (Å²) in [7, 11) is 0. The van der Waals surface area contributed by atoms with Crippen molar-refractivity contribution in [2.75, 3.05) is 4.90 Å². The zero-order valence-corrected chi connectivity index (χ0v) is 25.6. The van der Waals surface area contributed by atoms with Crippen molar-refractivity contribution in [2.45, 2.75) is 0 Å². The Labute approximate surface area is 272 Å². The van der Waals surface area contributed by atoms with Crippen LogP contribution in [0.2, 0.25) is 0 Å². The van der Waals surface area contributed by atoms with E-state index in [9.17, 15) is 0 Å². The van der Waals surface area contributed by atoms with Crippen molar-refractivity contribution in [3.05, 3.63) is 176 Å². The zero-order chi connectivity index (χ0) is 30.9. The molecule has 0 aliphatic rings. The molecule has 0 unspecified atom stereocenters. The third kappa shape index (κ3) is 3.87. The lowest BCUT2D eigenvalue weighted by molar-refractivity contribution is 1.28. The minimum atomic E-state index is 1.12. The minimum Gasteiger partial charge on any atom is -0.310 e. The first-order chi connectivity index (χ1) is 23.3. The fourth-order valence-electron chi connectivity index (χ4n) is 7.52. The van der Waals surface area contributed by atoms with Crippen LogP contribution >= 0.6 is 0 Å². The average molecular weight is 600 g/mol. The molecule has 10 aromatic rings. The zero-order valence-electron chi connectivity index (χ0n) is 25.6. The van der Waals surface area contributed by atoms with Gasteiger partial charge in [0.15, 0.2) is 0 Å². The highest BCUT2D eigenvalue weighted by molar-refractivity contribution is 6.24. The highest BCUT2D eigenvalue weighted by Gasteiger charge is 2.23. The summed E-state index contributed by atoms with van der Waals surface area (Å²) in [6.45, 7) is 0. The van der Waals surface area contributed by atoms with Crippen molar-refractivity contribution in [3.63, 3.8) is 0 Å². The number of fused-ring (bicyclic) bond motifs is 9. The Kier molecular flexibility index (Phi) is 5.57. The number of nitrogens with zero attached hydrogens (tertiary/aromatic N) is 3. The van der Waals surface area contributed by atoms with Gasteiger partial charge in [-0.2, -0.15) is 0 Å². The maximum absolute atomic E-state index is 2.45. The molecule has 3 heterocycles. The van der Waals surface area contributed by atoms with E-state index in [4.69, 9.17) is 0 Å². The summed E-state index contributed by atoms with van der Waals surface area (Å²) in [5.41, 5.74) is 14.4. The molecule has 0 bridgehead atoms. The van der Waals surface area contributed by atoms with Crippen LogP contribution in [0.15, 0.2) is 176 Å². The molecule has 47 heavy (non-hydrogen) atoms. The van der Waals surface area contributed by atoms with Gasteiger partial charge in [0.1, 0.15) is 5.65 Å². The average Bonchev–Trinajstić information content (AvgIpc) is 3.78. The molecule has 220 valence electrons. The summed E-state index contributed by atoms with van der Waals surface area (Å²) < 4.78 is 4.89. The Hall–Kier alpha value is -6.32. The molecule has 0 aliphatic heterocycles. The second-order valence-electron chi connectivity index (χ2n) is 12.2. The second-order valence-corrected chi connectivity index (χ2v) is 12.2. The fourth-order valence-corrected chi connectivity index (χ4v) is 7.52. The lowest BCUT2D eigenvalue weighted by atomic mass is 10.00. The van der Waals surface area contributed by atoms with E-state index in [1.807, 2.05) is 0 Å². The van der Waals surface area contributed by atoms with E-state index in [1.165, 1.54) is 66.1 Å². The van der Waals surface area contributed by atoms with Gasteiger partial charge >= 0.3 is 0 Å². The lowest BCUT2D eigenvalue weighted by Gasteiger charge is -2.25. The summed E-state index contributed by atoms with van der Waals surface area (Å²) in [4.78, 5) is 2.36. The quantitative estimate of drug-likeness (QED) is 0.192. The minimum absolute atomic E-state index is 1.12. The summed E-state index contributed by atoms with van der Waals surface area (Å²) >= 11 is 0. The van der Waals surface area contributed by atoms with Gasteiger partial charge in [0.25, 0.3) is 0 Å². The Morgan fingerprint density at radius 2 is 0.766 bits per heavy atom. The van der Waals surface area contributed by atoms with Gasteiger partial charge in [0.05, 0.1) is 22.1 Å². The van der Waals surface area contributed by atoms with Crippen molar-refractivity contribution in [1.29, 1.82) is 0 Å². The molecular formula is C44H29N3. The largest absolute Gasteiger partial charge is 0.310 e. The maximum atomic E-state index is 2.45. The van der Waals surface area contributed by atoms with E-state index in [-0.39, 0.29) is 0 Å². The first-order valence-electron chi connectivity index (χ1n) is 16.1. The molecule has 0 N–H and O–H groups in total. The fraction of sp³-hybridized carbons (Fsp3) is 0. The lowest BCUT2D eigenvalue weighted by Crippen LogP contribution is -2.09. The van der Waals surface area contributed by atoms with Gasteiger partial charge in [0, 0.05) is 33.2 Å². The van der Waals surface area contributed by atoms with Crippen LogP contribution in [-0.4, -0.2) is 8.80 Å². The van der Waals surface area contributed by atoms with Crippen molar-refractivity contribution in [1.82, 2.24) is 8.80 Å². The van der Waals surface area contributed by atoms with Crippen LogP contribution in [0.5, 0.6) is 0 Å². The molecule has 0 atom stereocenters. The molecule has 3 aromatic heterocycles. The Balaban J connectivity index is 1.12. The molecule has 0 fully saturated rings. The van der Waals surface area contributed by atoms with Crippen LogP contribution in [0.4, 0.5) is 17.1 Å². The number of aromatic nitrogens is 2. The third-order valence-corrected chi connectivity index (χ3v) is 9.64. The van der Waals surface area contributed by atoms with E-state index in [1.54, 1.807) is 0 Å². The highest BCUT2D eigenvalue weighted by Crippen LogP contribution is 2.43.